The lowest BCUT2D eigenvalue weighted by Crippen LogP contribution is -2.12. The maximum atomic E-state index is 12.8. The van der Waals surface area contributed by atoms with Gasteiger partial charge in [0.2, 0.25) is 0 Å². The van der Waals surface area contributed by atoms with Crippen LogP contribution < -0.4 is 5.32 Å². The lowest BCUT2D eigenvalue weighted by Gasteiger charge is -2.10. The molecule has 0 fully saturated rings. The highest BCUT2D eigenvalue weighted by Gasteiger charge is 2.12. The third-order valence-electron chi connectivity index (χ3n) is 4.91. The van der Waals surface area contributed by atoms with Gasteiger partial charge in [-0.1, -0.05) is 12.1 Å². The van der Waals surface area contributed by atoms with Gasteiger partial charge >= 0.3 is 0 Å². The molecule has 6 nitrogen and oxygen atoms in total. The Morgan fingerprint density at radius 2 is 1.86 bits per heavy atom. The van der Waals surface area contributed by atoms with Crippen molar-refractivity contribution < 1.29 is 4.79 Å². The van der Waals surface area contributed by atoms with Gasteiger partial charge in [-0.15, -0.1) is 0 Å². The zero-order valence-corrected chi connectivity index (χ0v) is 16.7. The molecule has 0 aliphatic rings. The molecule has 0 radical (unpaired) electrons. The van der Waals surface area contributed by atoms with E-state index in [1.54, 1.807) is 12.1 Å². The van der Waals surface area contributed by atoms with Crippen LogP contribution in [0, 0.1) is 13.8 Å². The molecule has 0 saturated carbocycles. The maximum absolute atomic E-state index is 12.8. The molecule has 2 aromatic carbocycles. The molecule has 1 N–H and O–H groups in total. The van der Waals surface area contributed by atoms with Gasteiger partial charge < -0.3 is 9.72 Å². The van der Waals surface area contributed by atoms with Gasteiger partial charge in [0, 0.05) is 29.2 Å². The van der Waals surface area contributed by atoms with Crippen LogP contribution in [0.3, 0.4) is 0 Å². The summed E-state index contributed by atoms with van der Waals surface area (Å²) in [5, 5.41) is 3.02. The molecule has 0 unspecified atom stereocenters. The number of anilines is 1. The summed E-state index contributed by atoms with van der Waals surface area (Å²) in [6.07, 6.45) is 4.00. The first-order valence-corrected chi connectivity index (χ1v) is 9.90. The van der Waals surface area contributed by atoms with Crippen LogP contribution in [0.4, 0.5) is 5.69 Å². The Labute approximate surface area is 171 Å². The van der Waals surface area contributed by atoms with E-state index in [1.165, 1.54) is 5.56 Å². The zero-order valence-electron chi connectivity index (χ0n) is 15.9. The number of carbonyl (C=O) groups excluding carboxylic acids is 1. The summed E-state index contributed by atoms with van der Waals surface area (Å²) in [4.78, 5) is 17.5. The smallest absolute Gasteiger partial charge is 0.255 e. The molecule has 7 heteroatoms. The number of carbonyl (C=O) groups is 1. The number of fused-ring (bicyclic) bond motifs is 2. The van der Waals surface area contributed by atoms with Crippen LogP contribution in [0.15, 0.2) is 60.9 Å². The van der Waals surface area contributed by atoms with Gasteiger partial charge in [0.05, 0.1) is 17.4 Å². The summed E-state index contributed by atoms with van der Waals surface area (Å²) in [5.74, 6) is -0.175. The summed E-state index contributed by atoms with van der Waals surface area (Å²) >= 11 is 1.14. The average molecular weight is 399 g/mol. The molecule has 0 aliphatic carbocycles. The fraction of sp³-hybridized carbons (Fsp3) is 0.0909. The largest absolute Gasteiger partial charge is 0.322 e. The van der Waals surface area contributed by atoms with Gasteiger partial charge in [-0.2, -0.15) is 8.75 Å². The fourth-order valence-corrected chi connectivity index (χ4v) is 3.77. The number of rotatable bonds is 3. The number of amides is 1. The summed E-state index contributed by atoms with van der Waals surface area (Å²) < 4.78 is 10.4. The van der Waals surface area contributed by atoms with Gasteiger partial charge in [0.25, 0.3) is 5.91 Å². The van der Waals surface area contributed by atoms with Crippen molar-refractivity contribution in [2.45, 2.75) is 13.8 Å². The number of nitrogens with zero attached hydrogens (tertiary/aromatic N) is 4. The molecule has 0 bridgehead atoms. The van der Waals surface area contributed by atoms with E-state index >= 15 is 0 Å². The van der Waals surface area contributed by atoms with Gasteiger partial charge in [-0.05, 0) is 61.4 Å². The number of aromatic nitrogens is 4. The second kappa shape index (κ2) is 6.79. The van der Waals surface area contributed by atoms with E-state index in [-0.39, 0.29) is 5.91 Å². The van der Waals surface area contributed by atoms with Crippen LogP contribution in [-0.2, 0) is 0 Å². The number of nitrogens with one attached hydrogen (secondary N) is 1. The Bertz CT molecular complexity index is 1380. The van der Waals surface area contributed by atoms with Crippen molar-refractivity contribution in [3.8, 4) is 11.3 Å². The van der Waals surface area contributed by atoms with Crippen molar-refractivity contribution in [3.05, 3.63) is 77.6 Å². The van der Waals surface area contributed by atoms with Gasteiger partial charge in [-0.3, -0.25) is 4.79 Å². The van der Waals surface area contributed by atoms with E-state index in [0.29, 0.717) is 5.56 Å². The molecule has 5 aromatic rings. The van der Waals surface area contributed by atoms with Gasteiger partial charge in [0.15, 0.2) is 0 Å². The predicted octanol–water partition coefficient (Wildman–Crippen LogP) is 4.88. The summed E-state index contributed by atoms with van der Waals surface area (Å²) in [7, 11) is 0. The second-order valence-electron chi connectivity index (χ2n) is 7.05. The summed E-state index contributed by atoms with van der Waals surface area (Å²) in [6, 6.07) is 15.4. The van der Waals surface area contributed by atoms with Crippen LogP contribution in [0.2, 0.25) is 0 Å². The van der Waals surface area contributed by atoms with Gasteiger partial charge in [0.1, 0.15) is 16.7 Å². The Kier molecular flexibility index (Phi) is 4.10. The summed E-state index contributed by atoms with van der Waals surface area (Å²) in [5.41, 5.74) is 7.70. The quantitative estimate of drug-likeness (QED) is 0.470. The number of benzene rings is 2. The SMILES string of the molecule is Cc1ccn2cc(-c3ccc(C)c(NC(=O)c4ccc5nsnc5c4)c3)nc2c1. The van der Waals surface area contributed by atoms with Crippen molar-refractivity contribution in [2.24, 2.45) is 0 Å². The molecule has 0 saturated heterocycles. The fourth-order valence-electron chi connectivity index (χ4n) is 3.26. The third-order valence-corrected chi connectivity index (χ3v) is 5.47. The van der Waals surface area contributed by atoms with E-state index in [9.17, 15) is 4.79 Å². The van der Waals surface area contributed by atoms with Gasteiger partial charge in [-0.25, -0.2) is 4.98 Å². The minimum absolute atomic E-state index is 0.175. The summed E-state index contributed by atoms with van der Waals surface area (Å²) in [6.45, 7) is 4.02. The highest BCUT2D eigenvalue weighted by atomic mass is 32.1. The lowest BCUT2D eigenvalue weighted by molar-refractivity contribution is 0.102. The van der Waals surface area contributed by atoms with Crippen LogP contribution in [-0.4, -0.2) is 24.0 Å². The van der Waals surface area contributed by atoms with Crippen molar-refractivity contribution >= 4 is 40.0 Å². The van der Waals surface area contributed by atoms with Crippen molar-refractivity contribution in [3.63, 3.8) is 0 Å². The lowest BCUT2D eigenvalue weighted by atomic mass is 10.1. The number of aryl methyl sites for hydroxylation is 2. The van der Waals surface area contributed by atoms with Crippen molar-refractivity contribution in [1.29, 1.82) is 0 Å². The Hall–Kier alpha value is -3.58. The molecule has 0 spiro atoms. The second-order valence-corrected chi connectivity index (χ2v) is 7.58. The van der Waals surface area contributed by atoms with Crippen LogP contribution >= 0.6 is 11.7 Å². The Morgan fingerprint density at radius 1 is 1.00 bits per heavy atom. The van der Waals surface area contributed by atoms with Crippen LogP contribution in [0.1, 0.15) is 21.5 Å². The number of pyridine rings is 1. The van der Waals surface area contributed by atoms with E-state index in [2.05, 4.69) is 14.1 Å². The predicted molar refractivity (Wildman–Crippen MR) is 115 cm³/mol. The monoisotopic (exact) mass is 399 g/mol. The minimum Gasteiger partial charge on any atom is -0.322 e. The average Bonchev–Trinajstić information content (AvgIpc) is 3.35. The molecule has 0 aliphatic heterocycles. The Morgan fingerprint density at radius 3 is 2.76 bits per heavy atom. The first-order valence-electron chi connectivity index (χ1n) is 9.17. The third kappa shape index (κ3) is 3.25. The standard InChI is InChI=1S/C22H17N5OS/c1-13-7-8-27-12-20(23-21(27)9-13)15-4-3-14(2)18(10-15)24-22(28)16-5-6-17-19(11-16)26-29-25-17/h3-12H,1-2H3,(H,24,28). The zero-order chi connectivity index (χ0) is 20.0. The van der Waals surface area contributed by atoms with E-state index in [0.717, 1.165) is 50.9 Å². The van der Waals surface area contributed by atoms with Crippen molar-refractivity contribution in [1.82, 2.24) is 18.1 Å². The first-order chi connectivity index (χ1) is 14.1. The molecule has 3 heterocycles. The topological polar surface area (TPSA) is 72.2 Å². The Balaban J connectivity index is 1.47. The molecular weight excluding hydrogens is 382 g/mol. The maximum Gasteiger partial charge on any atom is 0.255 e. The molecule has 29 heavy (non-hydrogen) atoms. The highest BCUT2D eigenvalue weighted by Crippen LogP contribution is 2.26. The van der Waals surface area contributed by atoms with Crippen LogP contribution in [0.25, 0.3) is 27.9 Å². The molecule has 1 amide bonds. The van der Waals surface area contributed by atoms with E-state index in [1.807, 2.05) is 67.0 Å². The number of imidazole rings is 1. The molecule has 5 rings (SSSR count). The molecular formula is C22H17N5OS. The molecule has 0 atom stereocenters. The normalized spacial score (nSPS) is 11.2. The van der Waals surface area contributed by atoms with Crippen LogP contribution in [0.5, 0.6) is 0 Å². The molecule has 3 aromatic heterocycles. The number of hydrogen-bond donors (Lipinski definition) is 1. The van der Waals surface area contributed by atoms with E-state index in [4.69, 9.17) is 4.98 Å². The highest BCUT2D eigenvalue weighted by molar-refractivity contribution is 7.00. The molecule has 142 valence electrons. The first kappa shape index (κ1) is 17.5. The number of hydrogen-bond acceptors (Lipinski definition) is 5. The minimum atomic E-state index is -0.175. The van der Waals surface area contributed by atoms with Crippen molar-refractivity contribution in [2.75, 3.05) is 5.32 Å². The van der Waals surface area contributed by atoms with E-state index < -0.39 is 0 Å².